The van der Waals surface area contributed by atoms with Crippen molar-refractivity contribution < 1.29 is 13.2 Å². The van der Waals surface area contributed by atoms with E-state index in [0.717, 1.165) is 17.4 Å². The number of amides is 1. The molecule has 1 rings (SSSR count). The average Bonchev–Trinajstić information content (AvgIpc) is 2.18. The molecule has 0 spiro atoms. The van der Waals surface area contributed by atoms with Crippen LogP contribution in [0.25, 0.3) is 0 Å². The minimum absolute atomic E-state index is 0.315. The van der Waals surface area contributed by atoms with Gasteiger partial charge in [-0.3, -0.25) is 4.79 Å². The Morgan fingerprint density at radius 2 is 1.87 bits per heavy atom. The fourth-order valence-electron chi connectivity index (χ4n) is 1.29. The Morgan fingerprint density at radius 3 is 2.33 bits per heavy atom. The second kappa shape index (κ2) is 4.91. The first kappa shape index (κ1) is 12.4. The average molecular weight is 235 g/mol. The standard InChI is InChI=1S/C8H17N3O3S/c1-10(2)15(13,14)7-8(12)11-5-3-9-4-6-11/h9H,3-7H2,1-2H3. The van der Waals surface area contributed by atoms with Crippen molar-refractivity contribution in [1.29, 1.82) is 0 Å². The summed E-state index contributed by atoms with van der Waals surface area (Å²) in [5, 5.41) is 3.10. The van der Waals surface area contributed by atoms with Crippen LogP contribution in [-0.2, 0) is 14.8 Å². The van der Waals surface area contributed by atoms with E-state index in [1.807, 2.05) is 0 Å². The van der Waals surface area contributed by atoms with Crippen molar-refractivity contribution in [3.63, 3.8) is 0 Å². The van der Waals surface area contributed by atoms with Crippen LogP contribution in [0.1, 0.15) is 0 Å². The maximum absolute atomic E-state index is 11.6. The molecular weight excluding hydrogens is 218 g/mol. The third-order valence-corrected chi connectivity index (χ3v) is 4.06. The molecule has 15 heavy (non-hydrogen) atoms. The van der Waals surface area contributed by atoms with Crippen LogP contribution in [0.4, 0.5) is 0 Å². The van der Waals surface area contributed by atoms with Crippen LogP contribution in [0.2, 0.25) is 0 Å². The molecule has 7 heteroatoms. The smallest absolute Gasteiger partial charge is 0.239 e. The second-order valence-corrected chi connectivity index (χ2v) is 5.85. The molecule has 1 aliphatic rings. The zero-order valence-corrected chi connectivity index (χ0v) is 9.88. The molecule has 0 unspecified atom stereocenters. The summed E-state index contributed by atoms with van der Waals surface area (Å²) in [5.41, 5.74) is 0. The molecule has 1 N–H and O–H groups in total. The molecule has 0 aromatic carbocycles. The maximum atomic E-state index is 11.6. The minimum atomic E-state index is -3.43. The van der Waals surface area contributed by atoms with E-state index in [0.29, 0.717) is 13.1 Å². The van der Waals surface area contributed by atoms with Crippen molar-refractivity contribution in [3.05, 3.63) is 0 Å². The lowest BCUT2D eigenvalue weighted by Crippen LogP contribution is -2.49. The molecule has 0 aromatic heterocycles. The van der Waals surface area contributed by atoms with Gasteiger partial charge in [0.25, 0.3) is 0 Å². The summed E-state index contributed by atoms with van der Waals surface area (Å²) in [6, 6.07) is 0. The normalized spacial score (nSPS) is 18.2. The number of nitrogens with zero attached hydrogens (tertiary/aromatic N) is 2. The maximum Gasteiger partial charge on any atom is 0.239 e. The highest BCUT2D eigenvalue weighted by Gasteiger charge is 2.24. The Bertz CT molecular complexity index is 320. The number of carbonyl (C=O) groups excluding carboxylic acids is 1. The van der Waals surface area contributed by atoms with Crippen LogP contribution >= 0.6 is 0 Å². The van der Waals surface area contributed by atoms with Crippen molar-refractivity contribution in [1.82, 2.24) is 14.5 Å². The summed E-state index contributed by atoms with van der Waals surface area (Å²) < 4.78 is 24.0. The number of hydrogen-bond donors (Lipinski definition) is 1. The van der Waals surface area contributed by atoms with Gasteiger partial charge in [0, 0.05) is 40.3 Å². The molecule has 6 nitrogen and oxygen atoms in total. The predicted octanol–water partition coefficient (Wildman–Crippen LogP) is -1.69. The molecule has 1 aliphatic heterocycles. The lowest BCUT2D eigenvalue weighted by atomic mass is 10.3. The van der Waals surface area contributed by atoms with Gasteiger partial charge in [0.15, 0.2) is 0 Å². The predicted molar refractivity (Wildman–Crippen MR) is 56.9 cm³/mol. The van der Waals surface area contributed by atoms with E-state index < -0.39 is 15.8 Å². The first-order valence-corrected chi connectivity index (χ1v) is 6.43. The quantitative estimate of drug-likeness (QED) is 0.634. The van der Waals surface area contributed by atoms with Crippen molar-refractivity contribution >= 4 is 15.9 Å². The number of sulfonamides is 1. The highest BCUT2D eigenvalue weighted by atomic mass is 32.2. The van der Waals surface area contributed by atoms with Crippen molar-refractivity contribution in [2.24, 2.45) is 0 Å². The fraction of sp³-hybridized carbons (Fsp3) is 0.875. The Morgan fingerprint density at radius 1 is 1.33 bits per heavy atom. The van der Waals surface area contributed by atoms with Crippen LogP contribution in [0, 0.1) is 0 Å². The van der Waals surface area contributed by atoms with Crippen LogP contribution in [0.3, 0.4) is 0 Å². The highest BCUT2D eigenvalue weighted by molar-refractivity contribution is 7.89. The zero-order valence-electron chi connectivity index (χ0n) is 9.06. The molecule has 0 bridgehead atoms. The number of carbonyl (C=O) groups is 1. The molecule has 1 saturated heterocycles. The van der Waals surface area contributed by atoms with E-state index in [1.54, 1.807) is 4.90 Å². The molecule has 1 amide bonds. The van der Waals surface area contributed by atoms with E-state index in [1.165, 1.54) is 14.1 Å². The van der Waals surface area contributed by atoms with Gasteiger partial charge < -0.3 is 10.2 Å². The molecular formula is C8H17N3O3S. The fourth-order valence-corrected chi connectivity index (χ4v) is 2.04. The minimum Gasteiger partial charge on any atom is -0.339 e. The SMILES string of the molecule is CN(C)S(=O)(=O)CC(=O)N1CCNCC1. The summed E-state index contributed by atoms with van der Waals surface area (Å²) >= 11 is 0. The topological polar surface area (TPSA) is 69.7 Å². The third kappa shape index (κ3) is 3.44. The van der Waals surface area contributed by atoms with E-state index >= 15 is 0 Å². The molecule has 0 aromatic rings. The van der Waals surface area contributed by atoms with Crippen molar-refractivity contribution in [3.8, 4) is 0 Å². The van der Waals surface area contributed by atoms with Crippen LogP contribution < -0.4 is 5.32 Å². The second-order valence-electron chi connectivity index (χ2n) is 3.67. The Hall–Kier alpha value is -0.660. The monoisotopic (exact) mass is 235 g/mol. The first-order chi connectivity index (χ1) is 6.93. The molecule has 0 saturated carbocycles. The highest BCUT2D eigenvalue weighted by Crippen LogP contribution is 2.00. The molecule has 0 aliphatic carbocycles. The number of piperazine rings is 1. The molecule has 1 fully saturated rings. The number of rotatable bonds is 3. The Labute approximate surface area is 90.3 Å². The lowest BCUT2D eigenvalue weighted by Gasteiger charge is -2.27. The molecule has 0 atom stereocenters. The Kier molecular flexibility index (Phi) is 4.06. The van der Waals surface area contributed by atoms with Crippen LogP contribution in [0.15, 0.2) is 0 Å². The lowest BCUT2D eigenvalue weighted by molar-refractivity contribution is -0.129. The summed E-state index contributed by atoms with van der Waals surface area (Å²) in [7, 11) is -0.563. The Balaban J connectivity index is 2.55. The van der Waals surface area contributed by atoms with Crippen molar-refractivity contribution in [2.45, 2.75) is 0 Å². The van der Waals surface area contributed by atoms with Gasteiger partial charge in [-0.25, -0.2) is 12.7 Å². The van der Waals surface area contributed by atoms with Crippen molar-refractivity contribution in [2.75, 3.05) is 46.0 Å². The van der Waals surface area contributed by atoms with E-state index in [-0.39, 0.29) is 5.91 Å². The summed E-state index contributed by atoms with van der Waals surface area (Å²) in [5.74, 6) is -0.745. The van der Waals surface area contributed by atoms with Gasteiger partial charge in [0.1, 0.15) is 5.75 Å². The van der Waals surface area contributed by atoms with E-state index in [2.05, 4.69) is 5.32 Å². The van der Waals surface area contributed by atoms with Gasteiger partial charge in [0.05, 0.1) is 0 Å². The van der Waals surface area contributed by atoms with Gasteiger partial charge in [0.2, 0.25) is 15.9 Å². The number of hydrogen-bond acceptors (Lipinski definition) is 4. The summed E-state index contributed by atoms with van der Waals surface area (Å²) in [6.07, 6.45) is 0. The zero-order chi connectivity index (χ0) is 11.5. The van der Waals surface area contributed by atoms with Gasteiger partial charge >= 0.3 is 0 Å². The van der Waals surface area contributed by atoms with E-state index in [9.17, 15) is 13.2 Å². The molecule has 1 heterocycles. The summed E-state index contributed by atoms with van der Waals surface area (Å²) in [4.78, 5) is 13.2. The van der Waals surface area contributed by atoms with Crippen LogP contribution in [0.5, 0.6) is 0 Å². The first-order valence-electron chi connectivity index (χ1n) is 4.82. The molecule has 0 radical (unpaired) electrons. The van der Waals surface area contributed by atoms with Gasteiger partial charge in [-0.2, -0.15) is 0 Å². The summed E-state index contributed by atoms with van der Waals surface area (Å²) in [6.45, 7) is 2.63. The largest absolute Gasteiger partial charge is 0.339 e. The van der Waals surface area contributed by atoms with Crippen LogP contribution in [-0.4, -0.2) is 69.6 Å². The van der Waals surface area contributed by atoms with E-state index in [4.69, 9.17) is 0 Å². The third-order valence-electron chi connectivity index (χ3n) is 2.33. The van der Waals surface area contributed by atoms with Gasteiger partial charge in [-0.1, -0.05) is 0 Å². The number of nitrogens with one attached hydrogen (secondary N) is 1. The molecule has 88 valence electrons. The van der Waals surface area contributed by atoms with Gasteiger partial charge in [-0.15, -0.1) is 0 Å². The van der Waals surface area contributed by atoms with Gasteiger partial charge in [-0.05, 0) is 0 Å².